The highest BCUT2D eigenvalue weighted by atomic mass is 79.9. The highest BCUT2D eigenvalue weighted by molar-refractivity contribution is 9.10. The van der Waals surface area contributed by atoms with Gasteiger partial charge in [-0.15, -0.1) is 0 Å². The largest absolute Gasteiger partial charge is 0.478 e. The van der Waals surface area contributed by atoms with Crippen LogP contribution in [0.4, 0.5) is 0 Å². The number of carboxylic acid groups (broad SMARTS) is 1. The first-order chi connectivity index (χ1) is 9.52. The molecule has 0 saturated heterocycles. The second-order valence-electron chi connectivity index (χ2n) is 3.78. The average molecular weight is 353 g/mol. The molecule has 2 rings (SSSR count). The van der Waals surface area contributed by atoms with E-state index in [1.807, 2.05) is 6.07 Å². The quantitative estimate of drug-likeness (QED) is 0.885. The molecular formula is C14H7BrClNO3. The van der Waals surface area contributed by atoms with E-state index in [0.29, 0.717) is 10.2 Å². The third-order valence-corrected chi connectivity index (χ3v) is 3.46. The number of hydrogen-bond acceptors (Lipinski definition) is 3. The number of hydrogen-bond donors (Lipinski definition) is 1. The summed E-state index contributed by atoms with van der Waals surface area (Å²) in [5.74, 6) is -0.499. The lowest BCUT2D eigenvalue weighted by Gasteiger charge is -2.10. The topological polar surface area (TPSA) is 70.3 Å². The molecular weight excluding hydrogens is 346 g/mol. The van der Waals surface area contributed by atoms with E-state index in [1.165, 1.54) is 12.1 Å². The maximum atomic E-state index is 10.9. The average Bonchev–Trinajstić information content (AvgIpc) is 2.41. The summed E-state index contributed by atoms with van der Waals surface area (Å²) in [6.45, 7) is 0. The van der Waals surface area contributed by atoms with E-state index in [2.05, 4.69) is 15.9 Å². The molecule has 2 aromatic carbocycles. The van der Waals surface area contributed by atoms with Crippen LogP contribution in [0.5, 0.6) is 11.5 Å². The molecule has 0 radical (unpaired) electrons. The Hall–Kier alpha value is -2.03. The van der Waals surface area contributed by atoms with Crippen LogP contribution in [0.2, 0.25) is 5.02 Å². The minimum Gasteiger partial charge on any atom is -0.478 e. The molecule has 0 aliphatic carbocycles. The van der Waals surface area contributed by atoms with Gasteiger partial charge in [-0.25, -0.2) is 4.79 Å². The van der Waals surface area contributed by atoms with Crippen LogP contribution >= 0.6 is 27.5 Å². The minimum atomic E-state index is -1.06. The summed E-state index contributed by atoms with van der Waals surface area (Å²) in [5.41, 5.74) is 0.283. The lowest BCUT2D eigenvalue weighted by atomic mass is 10.2. The van der Waals surface area contributed by atoms with E-state index in [-0.39, 0.29) is 21.9 Å². The van der Waals surface area contributed by atoms with Gasteiger partial charge >= 0.3 is 5.97 Å². The summed E-state index contributed by atoms with van der Waals surface area (Å²) in [6, 6.07) is 11.1. The monoisotopic (exact) mass is 351 g/mol. The molecule has 4 nitrogen and oxygen atoms in total. The Bertz CT molecular complexity index is 725. The molecule has 0 amide bonds. The van der Waals surface area contributed by atoms with Crippen molar-refractivity contribution in [3.63, 3.8) is 0 Å². The molecule has 0 heterocycles. The molecule has 0 aliphatic heterocycles. The fourth-order valence-corrected chi connectivity index (χ4v) is 2.07. The number of nitrogens with zero attached hydrogens (tertiary/aromatic N) is 1. The van der Waals surface area contributed by atoms with Crippen LogP contribution in [0.1, 0.15) is 15.9 Å². The van der Waals surface area contributed by atoms with Crippen molar-refractivity contribution < 1.29 is 14.6 Å². The first-order valence-electron chi connectivity index (χ1n) is 5.42. The van der Waals surface area contributed by atoms with Gasteiger partial charge in [-0.2, -0.15) is 5.26 Å². The van der Waals surface area contributed by atoms with Crippen molar-refractivity contribution in [2.24, 2.45) is 0 Å². The van der Waals surface area contributed by atoms with Gasteiger partial charge in [-0.3, -0.25) is 0 Å². The number of nitriles is 1. The third-order valence-electron chi connectivity index (χ3n) is 2.49. The van der Waals surface area contributed by atoms with Crippen LogP contribution in [0.25, 0.3) is 0 Å². The Labute approximate surface area is 128 Å². The van der Waals surface area contributed by atoms with Gasteiger partial charge in [0.05, 0.1) is 15.1 Å². The van der Waals surface area contributed by atoms with Gasteiger partial charge in [0.1, 0.15) is 23.1 Å². The third kappa shape index (κ3) is 2.93. The molecule has 1 N–H and O–H groups in total. The second kappa shape index (κ2) is 5.95. The number of benzene rings is 2. The maximum absolute atomic E-state index is 10.9. The highest BCUT2D eigenvalue weighted by Crippen LogP contribution is 2.34. The van der Waals surface area contributed by atoms with Crippen molar-refractivity contribution in [3.8, 4) is 17.6 Å². The van der Waals surface area contributed by atoms with E-state index < -0.39 is 5.97 Å². The van der Waals surface area contributed by atoms with Gasteiger partial charge in [0.15, 0.2) is 0 Å². The summed E-state index contributed by atoms with van der Waals surface area (Å²) >= 11 is 9.18. The van der Waals surface area contributed by atoms with Gasteiger partial charge in [0.2, 0.25) is 0 Å². The van der Waals surface area contributed by atoms with Crippen LogP contribution in [0.15, 0.2) is 40.9 Å². The maximum Gasteiger partial charge on any atom is 0.335 e. The first-order valence-corrected chi connectivity index (χ1v) is 6.59. The van der Waals surface area contributed by atoms with E-state index in [1.54, 1.807) is 24.3 Å². The van der Waals surface area contributed by atoms with Crippen LogP contribution in [0, 0.1) is 11.3 Å². The van der Waals surface area contributed by atoms with E-state index in [0.717, 1.165) is 0 Å². The highest BCUT2D eigenvalue weighted by Gasteiger charge is 2.12. The van der Waals surface area contributed by atoms with Crippen LogP contribution in [-0.4, -0.2) is 11.1 Å². The second-order valence-corrected chi connectivity index (χ2v) is 5.04. The Morgan fingerprint density at radius 3 is 2.70 bits per heavy atom. The summed E-state index contributed by atoms with van der Waals surface area (Å²) in [6.07, 6.45) is 0. The van der Waals surface area contributed by atoms with Crippen molar-refractivity contribution in [3.05, 3.63) is 57.0 Å². The zero-order valence-electron chi connectivity index (χ0n) is 9.93. The number of ether oxygens (including phenoxy) is 1. The first kappa shape index (κ1) is 14.4. The van der Waals surface area contributed by atoms with Crippen molar-refractivity contribution in [1.29, 1.82) is 5.26 Å². The van der Waals surface area contributed by atoms with Crippen LogP contribution in [0.3, 0.4) is 0 Å². The lowest BCUT2D eigenvalue weighted by molar-refractivity contribution is 0.0696. The molecule has 0 fully saturated rings. The predicted octanol–water partition coefficient (Wildman–Crippen LogP) is 4.46. The van der Waals surface area contributed by atoms with Crippen LogP contribution in [-0.2, 0) is 0 Å². The number of halogens is 2. The fourth-order valence-electron chi connectivity index (χ4n) is 1.53. The predicted molar refractivity (Wildman–Crippen MR) is 77.3 cm³/mol. The Balaban J connectivity index is 2.45. The Morgan fingerprint density at radius 1 is 1.30 bits per heavy atom. The summed E-state index contributed by atoms with van der Waals surface area (Å²) in [5, 5.41) is 18.3. The van der Waals surface area contributed by atoms with E-state index >= 15 is 0 Å². The van der Waals surface area contributed by atoms with Crippen molar-refractivity contribution >= 4 is 33.5 Å². The number of carboxylic acids is 1. The molecule has 2 aromatic rings. The molecule has 0 bridgehead atoms. The molecule has 0 atom stereocenters. The minimum absolute atomic E-state index is 0.0868. The van der Waals surface area contributed by atoms with Gasteiger partial charge in [-0.1, -0.05) is 17.7 Å². The molecule has 0 unspecified atom stereocenters. The Kier molecular flexibility index (Phi) is 4.28. The SMILES string of the molecule is N#Cc1c(Cl)cccc1Oc1cc(C(=O)O)ccc1Br. The Morgan fingerprint density at radius 2 is 2.05 bits per heavy atom. The normalized spacial score (nSPS) is 9.85. The van der Waals surface area contributed by atoms with Gasteiger partial charge < -0.3 is 9.84 Å². The van der Waals surface area contributed by atoms with Crippen LogP contribution < -0.4 is 4.74 Å². The molecule has 0 aliphatic rings. The van der Waals surface area contributed by atoms with Crippen molar-refractivity contribution in [2.45, 2.75) is 0 Å². The number of rotatable bonds is 3. The zero-order chi connectivity index (χ0) is 14.7. The number of carbonyl (C=O) groups is 1. The summed E-state index contributed by atoms with van der Waals surface area (Å²) in [7, 11) is 0. The molecule has 0 spiro atoms. The van der Waals surface area contributed by atoms with Gasteiger partial charge in [0.25, 0.3) is 0 Å². The van der Waals surface area contributed by atoms with Crippen molar-refractivity contribution in [1.82, 2.24) is 0 Å². The van der Waals surface area contributed by atoms with E-state index in [4.69, 9.17) is 26.7 Å². The zero-order valence-corrected chi connectivity index (χ0v) is 12.3. The van der Waals surface area contributed by atoms with Gasteiger partial charge in [-0.05, 0) is 46.3 Å². The smallest absolute Gasteiger partial charge is 0.335 e. The number of aromatic carboxylic acids is 1. The summed E-state index contributed by atoms with van der Waals surface area (Å²) in [4.78, 5) is 10.9. The molecule has 100 valence electrons. The van der Waals surface area contributed by atoms with Crippen molar-refractivity contribution in [2.75, 3.05) is 0 Å². The molecule has 0 saturated carbocycles. The standard InChI is InChI=1S/C14H7BrClNO3/c15-10-5-4-8(14(18)19)6-13(10)20-12-3-1-2-11(16)9(12)7-17/h1-6H,(H,18,19). The molecule has 6 heteroatoms. The molecule has 0 aromatic heterocycles. The summed E-state index contributed by atoms with van der Waals surface area (Å²) < 4.78 is 6.16. The van der Waals surface area contributed by atoms with E-state index in [9.17, 15) is 4.79 Å². The fraction of sp³-hybridized carbons (Fsp3) is 0. The lowest BCUT2D eigenvalue weighted by Crippen LogP contribution is -1.97. The van der Waals surface area contributed by atoms with Gasteiger partial charge in [0, 0.05) is 0 Å². The molecule has 20 heavy (non-hydrogen) atoms.